The maximum atomic E-state index is 13.2. The molecule has 1 aliphatic carbocycles. The first kappa shape index (κ1) is 18.4. The van der Waals surface area contributed by atoms with Gasteiger partial charge in [-0.2, -0.15) is 18.4 Å². The van der Waals surface area contributed by atoms with E-state index in [0.29, 0.717) is 29.8 Å². The summed E-state index contributed by atoms with van der Waals surface area (Å²) in [6.07, 6.45) is -2.26. The third kappa shape index (κ3) is 3.33. The summed E-state index contributed by atoms with van der Waals surface area (Å²) in [6.45, 7) is 1.78. The fraction of sp³-hybridized carbons (Fsp3) is 0.333. The molecule has 1 saturated carbocycles. The van der Waals surface area contributed by atoms with Gasteiger partial charge in [0.15, 0.2) is 11.3 Å². The van der Waals surface area contributed by atoms with Gasteiger partial charge in [-0.3, -0.25) is 9.20 Å². The van der Waals surface area contributed by atoms with Gasteiger partial charge >= 0.3 is 6.18 Å². The van der Waals surface area contributed by atoms with Gasteiger partial charge in [0.2, 0.25) is 0 Å². The summed E-state index contributed by atoms with van der Waals surface area (Å²) < 4.78 is 41.2. The van der Waals surface area contributed by atoms with E-state index in [4.69, 9.17) is 5.26 Å². The van der Waals surface area contributed by atoms with Gasteiger partial charge in [-0.1, -0.05) is 0 Å². The van der Waals surface area contributed by atoms with Gasteiger partial charge in [-0.25, -0.2) is 9.97 Å². The van der Waals surface area contributed by atoms with E-state index in [2.05, 4.69) is 15.3 Å². The van der Waals surface area contributed by atoms with Crippen molar-refractivity contribution in [2.24, 2.45) is 5.92 Å². The lowest BCUT2D eigenvalue weighted by molar-refractivity contribution is -0.158. The number of rotatable bonds is 4. The molecule has 144 valence electrons. The van der Waals surface area contributed by atoms with Gasteiger partial charge in [0.05, 0.1) is 16.1 Å². The molecule has 3 heterocycles. The van der Waals surface area contributed by atoms with E-state index in [-0.39, 0.29) is 11.3 Å². The van der Waals surface area contributed by atoms with Crippen LogP contribution >= 0.6 is 11.3 Å². The zero-order valence-corrected chi connectivity index (χ0v) is 15.4. The normalized spacial score (nSPS) is 15.4. The van der Waals surface area contributed by atoms with Crippen molar-refractivity contribution in [3.8, 4) is 16.6 Å². The number of halogens is 3. The molecule has 1 fully saturated rings. The molecular weight excluding hydrogens is 391 g/mol. The number of carbonyl (C=O) groups is 1. The lowest BCUT2D eigenvalue weighted by Crippen LogP contribution is -2.47. The minimum absolute atomic E-state index is 0.156. The van der Waals surface area contributed by atoms with Crippen LogP contribution < -0.4 is 5.32 Å². The molecule has 0 bridgehead atoms. The Morgan fingerprint density at radius 1 is 1.43 bits per heavy atom. The van der Waals surface area contributed by atoms with Crippen LogP contribution in [-0.4, -0.2) is 32.5 Å². The molecular formula is C18H14F3N5OS. The van der Waals surface area contributed by atoms with E-state index >= 15 is 0 Å². The Morgan fingerprint density at radius 2 is 2.18 bits per heavy atom. The summed E-state index contributed by atoms with van der Waals surface area (Å²) in [5.74, 6) is -1.48. The fourth-order valence-corrected chi connectivity index (χ4v) is 3.84. The molecule has 0 aromatic carbocycles. The second-order valence-corrected chi connectivity index (χ2v) is 7.62. The zero-order valence-electron chi connectivity index (χ0n) is 14.6. The molecule has 1 aliphatic rings. The predicted molar refractivity (Wildman–Crippen MR) is 95.8 cm³/mol. The largest absolute Gasteiger partial charge is 0.408 e. The van der Waals surface area contributed by atoms with Crippen LogP contribution in [0.4, 0.5) is 13.2 Å². The number of hydrogen-bond acceptors (Lipinski definition) is 5. The Bertz CT molecular complexity index is 1110. The minimum Gasteiger partial charge on any atom is -0.339 e. The highest BCUT2D eigenvalue weighted by atomic mass is 32.1. The van der Waals surface area contributed by atoms with E-state index in [9.17, 15) is 18.0 Å². The summed E-state index contributed by atoms with van der Waals surface area (Å²) in [5.41, 5.74) is 1.75. The maximum Gasteiger partial charge on any atom is 0.408 e. The number of fused-ring (bicyclic) bond motifs is 1. The molecule has 0 spiro atoms. The molecule has 1 unspecified atom stereocenters. The topological polar surface area (TPSA) is 83.1 Å². The molecule has 28 heavy (non-hydrogen) atoms. The summed E-state index contributed by atoms with van der Waals surface area (Å²) in [7, 11) is 0. The van der Waals surface area contributed by atoms with Gasteiger partial charge < -0.3 is 5.32 Å². The second-order valence-electron chi connectivity index (χ2n) is 6.71. The molecule has 3 aromatic heterocycles. The predicted octanol–water partition coefficient (Wildman–Crippen LogP) is 3.71. The van der Waals surface area contributed by atoms with Gasteiger partial charge in [0, 0.05) is 11.1 Å². The Balaban J connectivity index is 1.71. The highest BCUT2D eigenvalue weighted by Crippen LogP contribution is 2.40. The maximum absolute atomic E-state index is 13.2. The minimum atomic E-state index is -4.51. The number of imidazole rings is 1. The lowest BCUT2D eigenvalue weighted by atomic mass is 10.1. The lowest BCUT2D eigenvalue weighted by Gasteiger charge is -2.20. The first-order chi connectivity index (χ1) is 13.3. The van der Waals surface area contributed by atoms with Gasteiger partial charge in [-0.15, -0.1) is 11.3 Å². The number of nitriles is 1. The van der Waals surface area contributed by atoms with Gasteiger partial charge in [0.1, 0.15) is 18.4 Å². The summed E-state index contributed by atoms with van der Waals surface area (Å²) >= 11 is 1.32. The highest BCUT2D eigenvalue weighted by molar-refractivity contribution is 7.13. The SMILES string of the molecule is Cc1cc(-c2cc(C#N)cs2)nc2c(C(=O)NC(C3CC3)C(F)(F)F)ncn12. The molecule has 0 saturated heterocycles. The van der Waals surface area contributed by atoms with Crippen LogP contribution in [0.1, 0.15) is 34.6 Å². The smallest absolute Gasteiger partial charge is 0.339 e. The van der Waals surface area contributed by atoms with Crippen molar-refractivity contribution < 1.29 is 18.0 Å². The molecule has 3 aromatic rings. The quantitative estimate of drug-likeness (QED) is 0.717. The zero-order chi connectivity index (χ0) is 20.1. The molecule has 0 aliphatic heterocycles. The number of carbonyl (C=O) groups excluding carboxylic acids is 1. The van der Waals surface area contributed by atoms with Crippen molar-refractivity contribution >= 4 is 22.9 Å². The Morgan fingerprint density at radius 3 is 2.79 bits per heavy atom. The Hall–Kier alpha value is -2.93. The average molecular weight is 405 g/mol. The van der Waals surface area contributed by atoms with E-state index in [1.54, 1.807) is 28.8 Å². The van der Waals surface area contributed by atoms with E-state index < -0.39 is 24.0 Å². The van der Waals surface area contributed by atoms with Crippen molar-refractivity contribution in [2.75, 3.05) is 0 Å². The van der Waals surface area contributed by atoms with Crippen molar-refractivity contribution in [1.29, 1.82) is 5.26 Å². The Kier molecular flexibility index (Phi) is 4.34. The first-order valence-corrected chi connectivity index (χ1v) is 9.37. The summed E-state index contributed by atoms with van der Waals surface area (Å²) in [4.78, 5) is 21.7. The number of aryl methyl sites for hydroxylation is 1. The number of aromatic nitrogens is 3. The van der Waals surface area contributed by atoms with Crippen LogP contribution in [0.25, 0.3) is 16.2 Å². The third-order valence-corrected chi connectivity index (χ3v) is 5.58. The summed E-state index contributed by atoms with van der Waals surface area (Å²) in [5, 5.41) is 12.8. The average Bonchev–Trinajstić information content (AvgIpc) is 3.18. The third-order valence-electron chi connectivity index (χ3n) is 4.62. The van der Waals surface area contributed by atoms with Crippen molar-refractivity contribution in [3.05, 3.63) is 40.8 Å². The molecule has 6 nitrogen and oxygen atoms in total. The van der Waals surface area contributed by atoms with Crippen LogP contribution in [0.15, 0.2) is 23.8 Å². The first-order valence-electron chi connectivity index (χ1n) is 8.49. The number of alkyl halides is 3. The van der Waals surface area contributed by atoms with Crippen molar-refractivity contribution in [2.45, 2.75) is 32.0 Å². The van der Waals surface area contributed by atoms with Crippen LogP contribution in [0.2, 0.25) is 0 Å². The van der Waals surface area contributed by atoms with Crippen LogP contribution in [-0.2, 0) is 0 Å². The van der Waals surface area contributed by atoms with Crippen molar-refractivity contribution in [1.82, 2.24) is 19.7 Å². The molecule has 1 amide bonds. The molecule has 10 heteroatoms. The van der Waals surface area contributed by atoms with E-state index in [1.165, 1.54) is 17.7 Å². The van der Waals surface area contributed by atoms with Crippen molar-refractivity contribution in [3.63, 3.8) is 0 Å². The number of amides is 1. The van der Waals surface area contributed by atoms with Crippen LogP contribution in [0.3, 0.4) is 0 Å². The second kappa shape index (κ2) is 6.60. The number of nitrogens with one attached hydrogen (secondary N) is 1. The number of hydrogen-bond donors (Lipinski definition) is 1. The van der Waals surface area contributed by atoms with Gasteiger partial charge in [-0.05, 0) is 37.8 Å². The van der Waals surface area contributed by atoms with E-state index in [1.807, 2.05) is 6.07 Å². The summed E-state index contributed by atoms with van der Waals surface area (Å²) in [6, 6.07) is 3.60. The van der Waals surface area contributed by atoms with Crippen LogP contribution in [0, 0.1) is 24.2 Å². The van der Waals surface area contributed by atoms with Crippen LogP contribution in [0.5, 0.6) is 0 Å². The standard InChI is InChI=1S/C18H14F3N5OS/c1-9-4-12(13-5-10(6-22)7-28-13)24-16-14(23-8-26(9)16)17(27)25-15(11-2-3-11)18(19,20)21/h4-5,7-8,11,15H,2-3H2,1H3,(H,25,27). The molecule has 0 radical (unpaired) electrons. The molecule has 1 atom stereocenters. The number of thiophene rings is 1. The van der Waals surface area contributed by atoms with E-state index in [0.717, 1.165) is 4.88 Å². The monoisotopic (exact) mass is 405 g/mol. The molecule has 1 N–H and O–H groups in total. The fourth-order valence-electron chi connectivity index (χ4n) is 3.04. The van der Waals surface area contributed by atoms with Gasteiger partial charge in [0.25, 0.3) is 5.91 Å². The Labute approximate surface area is 161 Å². The molecule has 4 rings (SSSR count). The number of nitrogens with zero attached hydrogens (tertiary/aromatic N) is 4. The highest BCUT2D eigenvalue weighted by Gasteiger charge is 2.50.